The van der Waals surface area contributed by atoms with E-state index in [0.717, 1.165) is 12.0 Å². The van der Waals surface area contributed by atoms with Crippen LogP contribution in [0.3, 0.4) is 0 Å². The number of nitro benzene ring substituents is 1. The van der Waals surface area contributed by atoms with Gasteiger partial charge in [-0.25, -0.2) is 4.79 Å². The van der Waals surface area contributed by atoms with Gasteiger partial charge in [-0.1, -0.05) is 44.7 Å². The van der Waals surface area contributed by atoms with E-state index < -0.39 is 10.9 Å². The number of nitro groups is 1. The van der Waals surface area contributed by atoms with Gasteiger partial charge in [0.2, 0.25) is 0 Å². The maximum absolute atomic E-state index is 12.4. The van der Waals surface area contributed by atoms with Gasteiger partial charge in [-0.3, -0.25) is 15.1 Å². The highest BCUT2D eigenvalue weighted by Crippen LogP contribution is 2.19. The number of benzene rings is 3. The summed E-state index contributed by atoms with van der Waals surface area (Å²) >= 11 is 0. The summed E-state index contributed by atoms with van der Waals surface area (Å²) in [7, 11) is 0. The van der Waals surface area contributed by atoms with Crippen molar-refractivity contribution in [2.24, 2.45) is 4.99 Å². The highest BCUT2D eigenvalue weighted by Gasteiger charge is 2.09. The third-order valence-corrected chi connectivity index (χ3v) is 5.27. The Hall–Kier alpha value is -3.80. The van der Waals surface area contributed by atoms with Crippen LogP contribution in [0.1, 0.15) is 60.5 Å². The molecule has 0 aliphatic rings. The van der Waals surface area contributed by atoms with Gasteiger partial charge in [-0.2, -0.15) is 0 Å². The lowest BCUT2D eigenvalue weighted by molar-refractivity contribution is -0.384. The summed E-state index contributed by atoms with van der Waals surface area (Å²) in [6.45, 7) is 2.21. The monoisotopic (exact) mass is 444 g/mol. The number of ether oxygens (including phenoxy) is 1. The van der Waals surface area contributed by atoms with Crippen molar-refractivity contribution in [3.8, 4) is 5.75 Å². The predicted octanol–water partition coefficient (Wildman–Crippen LogP) is 7.08. The lowest BCUT2D eigenvalue weighted by atomic mass is 10.0. The molecule has 0 radical (unpaired) electrons. The highest BCUT2D eigenvalue weighted by atomic mass is 16.6. The molecule has 3 rings (SSSR count). The molecule has 0 spiro atoms. The minimum Gasteiger partial charge on any atom is -0.423 e. The minimum atomic E-state index is -0.447. The number of hydrogen-bond acceptors (Lipinski definition) is 5. The first-order chi connectivity index (χ1) is 16.0. The summed E-state index contributed by atoms with van der Waals surface area (Å²) in [6.07, 6.45) is 8.90. The highest BCUT2D eigenvalue weighted by molar-refractivity contribution is 5.91. The normalized spacial score (nSPS) is 10.9. The maximum Gasteiger partial charge on any atom is 0.343 e. The molecule has 0 aromatic heterocycles. The van der Waals surface area contributed by atoms with Crippen LogP contribution in [-0.2, 0) is 6.42 Å². The van der Waals surface area contributed by atoms with Crippen molar-refractivity contribution in [1.82, 2.24) is 0 Å². The second kappa shape index (κ2) is 12.3. The Morgan fingerprint density at radius 2 is 1.58 bits per heavy atom. The average molecular weight is 445 g/mol. The smallest absolute Gasteiger partial charge is 0.343 e. The lowest BCUT2D eigenvalue weighted by Crippen LogP contribution is -2.08. The Morgan fingerprint density at radius 3 is 2.21 bits per heavy atom. The molecule has 6 heteroatoms. The lowest BCUT2D eigenvalue weighted by Gasteiger charge is -2.06. The van der Waals surface area contributed by atoms with Crippen LogP contribution in [0.2, 0.25) is 0 Å². The minimum absolute atomic E-state index is 0.0252. The fourth-order valence-electron chi connectivity index (χ4n) is 3.34. The Kier molecular flexibility index (Phi) is 8.88. The average Bonchev–Trinajstić information content (AvgIpc) is 2.84. The molecule has 0 bridgehead atoms. The third-order valence-electron chi connectivity index (χ3n) is 5.27. The van der Waals surface area contributed by atoms with Crippen LogP contribution in [0, 0.1) is 10.1 Å². The molecule has 170 valence electrons. The molecule has 0 unspecified atom stereocenters. The number of carbonyl (C=O) groups is 1. The van der Waals surface area contributed by atoms with Crippen LogP contribution in [0.5, 0.6) is 5.75 Å². The largest absolute Gasteiger partial charge is 0.423 e. The quantitative estimate of drug-likeness (QED) is 0.0790. The number of non-ortho nitro benzene ring substituents is 1. The Labute approximate surface area is 194 Å². The van der Waals surface area contributed by atoms with Crippen molar-refractivity contribution in [2.45, 2.75) is 45.4 Å². The van der Waals surface area contributed by atoms with E-state index in [1.807, 2.05) is 24.3 Å². The molecule has 0 amide bonds. The van der Waals surface area contributed by atoms with Crippen molar-refractivity contribution >= 4 is 23.6 Å². The zero-order valence-electron chi connectivity index (χ0n) is 18.8. The van der Waals surface area contributed by atoms with Gasteiger partial charge in [0, 0.05) is 18.3 Å². The summed E-state index contributed by atoms with van der Waals surface area (Å²) in [4.78, 5) is 27.0. The number of rotatable bonds is 11. The predicted molar refractivity (Wildman–Crippen MR) is 131 cm³/mol. The van der Waals surface area contributed by atoms with Crippen LogP contribution in [0.15, 0.2) is 77.8 Å². The van der Waals surface area contributed by atoms with Crippen LogP contribution in [0.25, 0.3) is 0 Å². The van der Waals surface area contributed by atoms with Gasteiger partial charge in [0.05, 0.1) is 16.2 Å². The number of esters is 1. The van der Waals surface area contributed by atoms with E-state index in [1.165, 1.54) is 49.8 Å². The molecule has 3 aromatic carbocycles. The summed E-state index contributed by atoms with van der Waals surface area (Å²) in [5, 5.41) is 10.7. The molecule has 0 aliphatic carbocycles. The van der Waals surface area contributed by atoms with Crippen molar-refractivity contribution < 1.29 is 14.5 Å². The topological polar surface area (TPSA) is 81.8 Å². The standard InChI is InChI=1S/C27H28N2O4/c1-2-3-4-5-6-7-21-8-12-23(13-9-21)27(30)33-26-18-10-22(11-19-26)20-28-24-14-16-25(17-15-24)29(31)32/h8-20H,2-7H2,1H3. The SMILES string of the molecule is CCCCCCCc1ccc(C(=O)Oc2ccc(C=Nc3ccc([N+](=O)[O-])cc3)cc2)cc1. The molecular formula is C27H28N2O4. The van der Waals surface area contributed by atoms with Crippen LogP contribution >= 0.6 is 0 Å². The zero-order chi connectivity index (χ0) is 23.5. The summed E-state index contributed by atoms with van der Waals surface area (Å²) in [6, 6.07) is 20.6. The van der Waals surface area contributed by atoms with Crippen molar-refractivity contribution in [2.75, 3.05) is 0 Å². The van der Waals surface area contributed by atoms with Crippen molar-refractivity contribution in [1.29, 1.82) is 0 Å². The fraction of sp³-hybridized carbons (Fsp3) is 0.259. The summed E-state index contributed by atoms with van der Waals surface area (Å²) in [5.74, 6) is 0.0595. The van der Waals surface area contributed by atoms with Gasteiger partial charge in [-0.05, 0) is 72.5 Å². The number of unbranched alkanes of at least 4 members (excludes halogenated alkanes) is 4. The zero-order valence-corrected chi connectivity index (χ0v) is 18.8. The molecule has 0 saturated heterocycles. The first-order valence-corrected chi connectivity index (χ1v) is 11.2. The second-order valence-electron chi connectivity index (χ2n) is 7.85. The molecule has 0 fully saturated rings. The first-order valence-electron chi connectivity index (χ1n) is 11.2. The number of carbonyl (C=O) groups excluding carboxylic acids is 1. The van der Waals surface area contributed by atoms with Crippen LogP contribution in [-0.4, -0.2) is 17.1 Å². The molecular weight excluding hydrogens is 416 g/mol. The molecule has 0 N–H and O–H groups in total. The molecule has 3 aromatic rings. The molecule has 33 heavy (non-hydrogen) atoms. The number of aryl methyl sites for hydroxylation is 1. The van der Waals surface area contributed by atoms with Crippen LogP contribution < -0.4 is 4.74 Å². The summed E-state index contributed by atoms with van der Waals surface area (Å²) in [5.41, 5.74) is 3.21. The van der Waals surface area contributed by atoms with Crippen molar-refractivity contribution in [3.63, 3.8) is 0 Å². The van der Waals surface area contributed by atoms with Crippen molar-refractivity contribution in [3.05, 3.63) is 99.6 Å². The van der Waals surface area contributed by atoms with E-state index in [9.17, 15) is 14.9 Å². The van der Waals surface area contributed by atoms with E-state index in [1.54, 1.807) is 42.6 Å². The molecule has 0 atom stereocenters. The Balaban J connectivity index is 1.50. The molecule has 6 nitrogen and oxygen atoms in total. The summed E-state index contributed by atoms with van der Waals surface area (Å²) < 4.78 is 5.47. The maximum atomic E-state index is 12.4. The number of hydrogen-bond donors (Lipinski definition) is 0. The van der Waals surface area contributed by atoms with E-state index in [-0.39, 0.29) is 5.69 Å². The Bertz CT molecular complexity index is 1070. The van der Waals surface area contributed by atoms with E-state index in [4.69, 9.17) is 4.74 Å². The van der Waals surface area contributed by atoms with Gasteiger partial charge >= 0.3 is 5.97 Å². The molecule has 0 heterocycles. The van der Waals surface area contributed by atoms with Gasteiger partial charge in [0.15, 0.2) is 0 Å². The number of nitrogens with zero attached hydrogens (tertiary/aromatic N) is 2. The van der Waals surface area contributed by atoms with Crippen LogP contribution in [0.4, 0.5) is 11.4 Å². The van der Waals surface area contributed by atoms with E-state index in [2.05, 4.69) is 11.9 Å². The fourth-order valence-corrected chi connectivity index (χ4v) is 3.34. The first kappa shape index (κ1) is 23.9. The second-order valence-corrected chi connectivity index (χ2v) is 7.85. The third kappa shape index (κ3) is 7.68. The van der Waals surface area contributed by atoms with Gasteiger partial charge in [0.1, 0.15) is 5.75 Å². The number of aliphatic imine (C=N–C) groups is 1. The van der Waals surface area contributed by atoms with Gasteiger partial charge in [-0.15, -0.1) is 0 Å². The van der Waals surface area contributed by atoms with Gasteiger partial charge < -0.3 is 4.74 Å². The van der Waals surface area contributed by atoms with E-state index >= 15 is 0 Å². The Morgan fingerprint density at radius 1 is 0.909 bits per heavy atom. The van der Waals surface area contributed by atoms with Gasteiger partial charge in [0.25, 0.3) is 5.69 Å². The van der Waals surface area contributed by atoms with E-state index in [0.29, 0.717) is 17.0 Å². The molecule has 0 aliphatic heterocycles. The molecule has 0 saturated carbocycles.